The van der Waals surface area contributed by atoms with Crippen LogP contribution in [0.25, 0.3) is 0 Å². The fourth-order valence-electron chi connectivity index (χ4n) is 0.957. The van der Waals surface area contributed by atoms with Crippen molar-refractivity contribution in [3.05, 3.63) is 22.4 Å². The summed E-state index contributed by atoms with van der Waals surface area (Å²) in [5.41, 5.74) is 0. The van der Waals surface area contributed by atoms with Crippen LogP contribution in [0.2, 0.25) is 0 Å². The lowest BCUT2D eigenvalue weighted by Gasteiger charge is -2.11. The largest absolute Gasteiger partial charge is 0.492 e. The minimum absolute atomic E-state index is 0.0241. The van der Waals surface area contributed by atoms with Gasteiger partial charge in [-0.2, -0.15) is 0 Å². The molecule has 0 saturated heterocycles. The monoisotopic (exact) mass is 264 g/mol. The van der Waals surface area contributed by atoms with Crippen molar-refractivity contribution < 1.29 is 18.6 Å². The summed E-state index contributed by atoms with van der Waals surface area (Å²) in [4.78, 5) is 0. The number of hydrogen-bond acceptors (Lipinski definition) is 3. The topological polar surface area (TPSA) is 27.7 Å². The van der Waals surface area contributed by atoms with E-state index in [9.17, 15) is 4.39 Å². The van der Waals surface area contributed by atoms with Gasteiger partial charge >= 0.3 is 0 Å². The maximum absolute atomic E-state index is 13.3. The second-order valence-corrected chi connectivity index (χ2v) is 3.30. The molecule has 0 aromatic heterocycles. The van der Waals surface area contributed by atoms with Crippen LogP contribution >= 0.6 is 15.9 Å². The van der Waals surface area contributed by atoms with Crippen molar-refractivity contribution in [3.8, 4) is 11.5 Å². The predicted molar refractivity (Wildman–Crippen MR) is 53.2 cm³/mol. The van der Waals surface area contributed by atoms with Crippen LogP contribution in [0.1, 0.15) is 0 Å². The highest BCUT2D eigenvalue weighted by Crippen LogP contribution is 2.37. The lowest BCUT2D eigenvalue weighted by molar-refractivity contribution is 0.0461. The zero-order valence-electron chi connectivity index (χ0n) is 7.84. The Bertz CT molecular complexity index is 317. The molecule has 0 saturated carbocycles. The summed E-state index contributed by atoms with van der Waals surface area (Å²) in [6.07, 6.45) is 0. The van der Waals surface area contributed by atoms with Crippen LogP contribution in [0.4, 0.5) is 4.39 Å². The number of halogens is 2. The fraction of sp³-hybridized carbons (Fsp3) is 0.333. The summed E-state index contributed by atoms with van der Waals surface area (Å²) in [6, 6.07) is 2.84. The van der Waals surface area contributed by atoms with Crippen LogP contribution in [0.15, 0.2) is 16.6 Å². The first kappa shape index (κ1) is 11.3. The highest BCUT2D eigenvalue weighted by atomic mass is 79.9. The van der Waals surface area contributed by atoms with E-state index in [-0.39, 0.29) is 12.5 Å². The first-order chi connectivity index (χ1) is 6.70. The zero-order valence-corrected chi connectivity index (χ0v) is 9.43. The van der Waals surface area contributed by atoms with E-state index < -0.39 is 5.82 Å². The third kappa shape index (κ3) is 2.36. The van der Waals surface area contributed by atoms with Gasteiger partial charge in [0.1, 0.15) is 0 Å². The number of ether oxygens (including phenoxy) is 3. The van der Waals surface area contributed by atoms with Crippen LogP contribution in [0, 0.1) is 5.82 Å². The van der Waals surface area contributed by atoms with Crippen LogP contribution in [-0.4, -0.2) is 21.0 Å². The maximum Gasteiger partial charge on any atom is 0.201 e. The Balaban J connectivity index is 3.03. The van der Waals surface area contributed by atoms with Gasteiger partial charge in [-0.3, -0.25) is 0 Å². The third-order valence-corrected chi connectivity index (χ3v) is 2.17. The Kier molecular flexibility index (Phi) is 4.16. The van der Waals surface area contributed by atoms with E-state index in [2.05, 4.69) is 20.7 Å². The van der Waals surface area contributed by atoms with E-state index in [0.29, 0.717) is 10.2 Å². The minimum Gasteiger partial charge on any atom is -0.492 e. The van der Waals surface area contributed by atoms with Crippen molar-refractivity contribution in [2.45, 2.75) is 0 Å². The van der Waals surface area contributed by atoms with E-state index in [0.717, 1.165) is 0 Å². The highest BCUT2D eigenvalue weighted by Gasteiger charge is 2.14. The zero-order chi connectivity index (χ0) is 10.6. The van der Waals surface area contributed by atoms with Crippen molar-refractivity contribution in [1.29, 1.82) is 0 Å². The number of hydrogen-bond donors (Lipinski definition) is 0. The normalized spacial score (nSPS) is 10.0. The summed E-state index contributed by atoms with van der Waals surface area (Å²) in [5.74, 6) is -0.118. The molecule has 14 heavy (non-hydrogen) atoms. The van der Waals surface area contributed by atoms with Gasteiger partial charge in [-0.1, -0.05) is 0 Å². The van der Waals surface area contributed by atoms with E-state index in [1.807, 2.05) is 0 Å². The molecule has 0 aliphatic heterocycles. The smallest absolute Gasteiger partial charge is 0.201 e. The van der Waals surface area contributed by atoms with Crippen molar-refractivity contribution in [2.75, 3.05) is 21.0 Å². The molecule has 3 nitrogen and oxygen atoms in total. The van der Waals surface area contributed by atoms with Crippen molar-refractivity contribution in [3.63, 3.8) is 0 Å². The molecule has 0 unspecified atom stereocenters. The molecule has 1 aromatic carbocycles. The first-order valence-electron chi connectivity index (χ1n) is 3.84. The van der Waals surface area contributed by atoms with Gasteiger partial charge < -0.3 is 14.2 Å². The van der Waals surface area contributed by atoms with Crippen LogP contribution in [0.3, 0.4) is 0 Å². The van der Waals surface area contributed by atoms with E-state index >= 15 is 0 Å². The second-order valence-electron chi connectivity index (χ2n) is 2.44. The van der Waals surface area contributed by atoms with Crippen molar-refractivity contribution in [2.24, 2.45) is 0 Å². The van der Waals surface area contributed by atoms with Gasteiger partial charge in [-0.15, -0.1) is 0 Å². The summed E-state index contributed by atoms with van der Waals surface area (Å²) in [6.45, 7) is -0.0241. The van der Waals surface area contributed by atoms with Gasteiger partial charge in [0, 0.05) is 7.11 Å². The van der Waals surface area contributed by atoms with Crippen molar-refractivity contribution in [1.82, 2.24) is 0 Å². The maximum atomic E-state index is 13.3. The highest BCUT2D eigenvalue weighted by molar-refractivity contribution is 9.10. The molecule has 0 aliphatic carbocycles. The fourth-order valence-corrected chi connectivity index (χ4v) is 1.43. The Morgan fingerprint density at radius 3 is 2.57 bits per heavy atom. The van der Waals surface area contributed by atoms with Crippen LogP contribution < -0.4 is 9.47 Å². The van der Waals surface area contributed by atoms with Gasteiger partial charge in [0.05, 0.1) is 11.6 Å². The minimum atomic E-state index is -0.484. The standard InChI is InChI=1S/C9H10BrFO3/c1-12-5-14-9-7(11)4-3-6(10)8(9)13-2/h3-4H,5H2,1-2H3. The molecule has 5 heteroatoms. The molecule has 0 fully saturated rings. The average molecular weight is 265 g/mol. The molecule has 0 heterocycles. The molecule has 0 atom stereocenters. The summed E-state index contributed by atoms with van der Waals surface area (Å²) >= 11 is 3.22. The molecule has 0 N–H and O–H groups in total. The third-order valence-electron chi connectivity index (χ3n) is 1.54. The van der Waals surface area contributed by atoms with Gasteiger partial charge in [-0.25, -0.2) is 4.39 Å². The number of methoxy groups -OCH3 is 2. The van der Waals surface area contributed by atoms with E-state index in [1.165, 1.54) is 20.3 Å². The van der Waals surface area contributed by atoms with E-state index in [4.69, 9.17) is 9.47 Å². The summed E-state index contributed by atoms with van der Waals surface area (Å²) < 4.78 is 28.6. The Morgan fingerprint density at radius 2 is 2.00 bits per heavy atom. The molecule has 0 radical (unpaired) electrons. The molecule has 0 aliphatic rings. The quantitative estimate of drug-likeness (QED) is 0.783. The number of benzene rings is 1. The lowest BCUT2D eigenvalue weighted by Crippen LogP contribution is -2.03. The molecule has 1 rings (SSSR count). The molecule has 0 bridgehead atoms. The molecule has 0 amide bonds. The number of rotatable bonds is 4. The van der Waals surface area contributed by atoms with Gasteiger partial charge in [0.25, 0.3) is 0 Å². The predicted octanol–water partition coefficient (Wildman–Crippen LogP) is 2.58. The SMILES string of the molecule is COCOc1c(F)ccc(Br)c1OC. The average Bonchev–Trinajstić information content (AvgIpc) is 2.19. The van der Waals surface area contributed by atoms with Crippen LogP contribution in [-0.2, 0) is 4.74 Å². The lowest BCUT2D eigenvalue weighted by atomic mass is 10.3. The Hall–Kier alpha value is -0.810. The first-order valence-corrected chi connectivity index (χ1v) is 4.63. The van der Waals surface area contributed by atoms with E-state index in [1.54, 1.807) is 6.07 Å². The molecule has 0 spiro atoms. The molecular weight excluding hydrogens is 255 g/mol. The van der Waals surface area contributed by atoms with Gasteiger partial charge in [0.15, 0.2) is 18.4 Å². The summed E-state index contributed by atoms with van der Waals surface area (Å²) in [5, 5.41) is 0. The Morgan fingerprint density at radius 1 is 1.29 bits per heavy atom. The Labute approximate surface area is 89.9 Å². The van der Waals surface area contributed by atoms with Crippen LogP contribution in [0.5, 0.6) is 11.5 Å². The molecular formula is C9H10BrFO3. The summed E-state index contributed by atoms with van der Waals surface area (Å²) in [7, 11) is 2.90. The second kappa shape index (κ2) is 5.17. The van der Waals surface area contributed by atoms with Crippen molar-refractivity contribution >= 4 is 15.9 Å². The van der Waals surface area contributed by atoms with Gasteiger partial charge in [0.2, 0.25) is 5.75 Å². The molecule has 78 valence electrons. The molecule has 1 aromatic rings. The van der Waals surface area contributed by atoms with Gasteiger partial charge in [-0.05, 0) is 28.1 Å².